The SMILES string of the molecule is COc1sc2cc(CO)ccc2c1F. The fourth-order valence-corrected chi connectivity index (χ4v) is 2.28. The summed E-state index contributed by atoms with van der Waals surface area (Å²) in [4.78, 5) is 0. The number of hydrogen-bond donors (Lipinski definition) is 1. The van der Waals surface area contributed by atoms with Crippen LogP contribution in [0.25, 0.3) is 10.1 Å². The smallest absolute Gasteiger partial charge is 0.211 e. The van der Waals surface area contributed by atoms with Crippen molar-refractivity contribution in [3.8, 4) is 5.06 Å². The number of aliphatic hydroxyl groups excluding tert-OH is 1. The monoisotopic (exact) mass is 212 g/mol. The van der Waals surface area contributed by atoms with Gasteiger partial charge in [0, 0.05) is 10.1 Å². The molecule has 0 spiro atoms. The molecular weight excluding hydrogens is 203 g/mol. The Labute approximate surface area is 84.6 Å². The van der Waals surface area contributed by atoms with Crippen LogP contribution in [0.5, 0.6) is 5.06 Å². The zero-order chi connectivity index (χ0) is 10.1. The van der Waals surface area contributed by atoms with Crippen LogP contribution in [-0.4, -0.2) is 12.2 Å². The first-order valence-corrected chi connectivity index (χ1v) is 4.93. The zero-order valence-electron chi connectivity index (χ0n) is 7.58. The summed E-state index contributed by atoms with van der Waals surface area (Å²) in [5, 5.41) is 9.74. The highest BCUT2D eigenvalue weighted by molar-refractivity contribution is 7.20. The van der Waals surface area contributed by atoms with E-state index in [1.54, 1.807) is 18.2 Å². The Morgan fingerprint density at radius 1 is 1.50 bits per heavy atom. The van der Waals surface area contributed by atoms with Crippen LogP contribution in [0.15, 0.2) is 18.2 Å². The predicted molar refractivity (Wildman–Crippen MR) is 54.3 cm³/mol. The molecule has 0 radical (unpaired) electrons. The number of benzene rings is 1. The molecule has 1 aromatic heterocycles. The van der Waals surface area contributed by atoms with Crippen LogP contribution < -0.4 is 4.74 Å². The Balaban J connectivity index is 2.66. The van der Waals surface area contributed by atoms with Gasteiger partial charge in [-0.15, -0.1) is 0 Å². The molecule has 0 aliphatic rings. The van der Waals surface area contributed by atoms with E-state index in [-0.39, 0.29) is 17.5 Å². The topological polar surface area (TPSA) is 29.5 Å². The number of halogens is 1. The Bertz CT molecular complexity index is 464. The summed E-state index contributed by atoms with van der Waals surface area (Å²) in [6.45, 7) is -0.0300. The minimum absolute atomic E-state index is 0.0300. The van der Waals surface area contributed by atoms with Gasteiger partial charge in [0.2, 0.25) is 5.06 Å². The average molecular weight is 212 g/mol. The van der Waals surface area contributed by atoms with Crippen molar-refractivity contribution in [2.45, 2.75) is 6.61 Å². The molecule has 4 heteroatoms. The summed E-state index contributed by atoms with van der Waals surface area (Å²) in [6, 6.07) is 5.14. The van der Waals surface area contributed by atoms with Crippen LogP contribution in [0.4, 0.5) is 4.39 Å². The first kappa shape index (κ1) is 9.43. The second kappa shape index (κ2) is 3.55. The van der Waals surface area contributed by atoms with E-state index >= 15 is 0 Å². The van der Waals surface area contributed by atoms with Crippen molar-refractivity contribution in [2.24, 2.45) is 0 Å². The number of methoxy groups -OCH3 is 1. The Hall–Kier alpha value is -1.13. The Kier molecular flexibility index (Phi) is 2.39. The molecular formula is C10H9FO2S. The molecule has 0 aliphatic carbocycles. The van der Waals surface area contributed by atoms with Crippen molar-refractivity contribution in [1.29, 1.82) is 0 Å². The maximum atomic E-state index is 13.5. The number of aliphatic hydroxyl groups is 1. The Morgan fingerprint density at radius 3 is 2.93 bits per heavy atom. The average Bonchev–Trinajstić information content (AvgIpc) is 2.55. The van der Waals surface area contributed by atoms with Gasteiger partial charge in [0.25, 0.3) is 0 Å². The molecule has 1 heterocycles. The molecule has 74 valence electrons. The van der Waals surface area contributed by atoms with E-state index in [1.165, 1.54) is 18.4 Å². The molecule has 0 fully saturated rings. The highest BCUT2D eigenvalue weighted by atomic mass is 32.1. The van der Waals surface area contributed by atoms with Crippen LogP contribution >= 0.6 is 11.3 Å². The fraction of sp³-hybridized carbons (Fsp3) is 0.200. The standard InChI is InChI=1S/C10H9FO2S/c1-13-10-9(11)7-3-2-6(5-12)4-8(7)14-10/h2-4,12H,5H2,1H3. The summed E-state index contributed by atoms with van der Waals surface area (Å²) in [7, 11) is 1.45. The zero-order valence-corrected chi connectivity index (χ0v) is 8.40. The number of hydrogen-bond acceptors (Lipinski definition) is 3. The van der Waals surface area contributed by atoms with Gasteiger partial charge < -0.3 is 9.84 Å². The van der Waals surface area contributed by atoms with Gasteiger partial charge in [-0.2, -0.15) is 0 Å². The van der Waals surface area contributed by atoms with Crippen molar-refractivity contribution in [3.05, 3.63) is 29.6 Å². The first-order chi connectivity index (χ1) is 6.76. The molecule has 2 nitrogen and oxygen atoms in total. The summed E-state index contributed by atoms with van der Waals surface area (Å²) in [5.41, 5.74) is 0.779. The van der Waals surface area contributed by atoms with Crippen LogP contribution in [0.1, 0.15) is 5.56 Å². The number of thiophene rings is 1. The molecule has 14 heavy (non-hydrogen) atoms. The lowest BCUT2D eigenvalue weighted by Gasteiger charge is -1.94. The van der Waals surface area contributed by atoms with Gasteiger partial charge in [0.1, 0.15) is 0 Å². The summed E-state index contributed by atoms with van der Waals surface area (Å²) in [6.07, 6.45) is 0. The van der Waals surface area contributed by atoms with Crippen LogP contribution in [0.3, 0.4) is 0 Å². The normalized spacial score (nSPS) is 10.8. The van der Waals surface area contributed by atoms with Gasteiger partial charge in [-0.3, -0.25) is 0 Å². The third kappa shape index (κ3) is 1.36. The maximum Gasteiger partial charge on any atom is 0.211 e. The molecule has 2 aromatic rings. The van der Waals surface area contributed by atoms with E-state index in [4.69, 9.17) is 9.84 Å². The lowest BCUT2D eigenvalue weighted by molar-refractivity contribution is 0.282. The number of ether oxygens (including phenoxy) is 1. The molecule has 1 N–H and O–H groups in total. The second-order valence-corrected chi connectivity index (χ2v) is 3.91. The van der Waals surface area contributed by atoms with Gasteiger partial charge in [-0.25, -0.2) is 4.39 Å². The fourth-order valence-electron chi connectivity index (χ4n) is 1.32. The molecule has 1 aromatic carbocycles. The molecule has 0 saturated heterocycles. The molecule has 0 aliphatic heterocycles. The first-order valence-electron chi connectivity index (χ1n) is 4.12. The van der Waals surface area contributed by atoms with Gasteiger partial charge in [0.05, 0.1) is 13.7 Å². The van der Waals surface area contributed by atoms with Crippen molar-refractivity contribution < 1.29 is 14.2 Å². The molecule has 2 rings (SSSR count). The summed E-state index contributed by atoms with van der Waals surface area (Å²) < 4.78 is 19.2. The maximum absolute atomic E-state index is 13.5. The highest BCUT2D eigenvalue weighted by Gasteiger charge is 2.12. The third-order valence-electron chi connectivity index (χ3n) is 2.03. The van der Waals surface area contributed by atoms with Gasteiger partial charge in [-0.05, 0) is 11.6 Å². The van der Waals surface area contributed by atoms with Crippen molar-refractivity contribution >= 4 is 21.4 Å². The largest absolute Gasteiger partial charge is 0.485 e. The van der Waals surface area contributed by atoms with Crippen molar-refractivity contribution in [2.75, 3.05) is 7.11 Å². The van der Waals surface area contributed by atoms with Gasteiger partial charge in [0.15, 0.2) is 5.82 Å². The molecule has 0 amide bonds. The van der Waals surface area contributed by atoms with Gasteiger partial charge >= 0.3 is 0 Å². The van der Waals surface area contributed by atoms with Crippen molar-refractivity contribution in [1.82, 2.24) is 0 Å². The molecule has 0 atom stereocenters. The minimum atomic E-state index is -0.322. The minimum Gasteiger partial charge on any atom is -0.485 e. The highest BCUT2D eigenvalue weighted by Crippen LogP contribution is 2.36. The van der Waals surface area contributed by atoms with E-state index in [2.05, 4.69) is 0 Å². The molecule has 0 unspecified atom stereocenters. The van der Waals surface area contributed by atoms with E-state index in [9.17, 15) is 4.39 Å². The molecule has 0 bridgehead atoms. The number of fused-ring (bicyclic) bond motifs is 1. The van der Waals surface area contributed by atoms with E-state index in [1.807, 2.05) is 0 Å². The predicted octanol–water partition coefficient (Wildman–Crippen LogP) is 2.54. The second-order valence-electron chi connectivity index (χ2n) is 2.90. The van der Waals surface area contributed by atoms with Crippen molar-refractivity contribution in [3.63, 3.8) is 0 Å². The van der Waals surface area contributed by atoms with E-state index in [0.29, 0.717) is 5.39 Å². The lowest BCUT2D eigenvalue weighted by atomic mass is 10.2. The van der Waals surface area contributed by atoms with Crippen LogP contribution in [0.2, 0.25) is 0 Å². The number of rotatable bonds is 2. The van der Waals surface area contributed by atoms with Crippen LogP contribution in [-0.2, 0) is 6.61 Å². The van der Waals surface area contributed by atoms with E-state index in [0.717, 1.165) is 10.3 Å². The third-order valence-corrected chi connectivity index (χ3v) is 3.12. The van der Waals surface area contributed by atoms with Crippen LogP contribution in [0, 0.1) is 5.82 Å². The lowest BCUT2D eigenvalue weighted by Crippen LogP contribution is -1.82. The quantitative estimate of drug-likeness (QED) is 0.829. The van der Waals surface area contributed by atoms with Gasteiger partial charge in [-0.1, -0.05) is 23.5 Å². The van der Waals surface area contributed by atoms with E-state index < -0.39 is 0 Å². The summed E-state index contributed by atoms with van der Waals surface area (Å²) in [5.74, 6) is -0.322. The summed E-state index contributed by atoms with van der Waals surface area (Å²) >= 11 is 1.25. The Morgan fingerprint density at radius 2 is 2.29 bits per heavy atom. The molecule has 0 saturated carbocycles.